The minimum atomic E-state index is -0.683. The third kappa shape index (κ3) is 15.9. The lowest BCUT2D eigenvalue weighted by atomic mass is 9.84. The van der Waals surface area contributed by atoms with Gasteiger partial charge in [-0.3, -0.25) is 19.2 Å². The number of nitrogens with one attached hydrogen (secondary N) is 5. The Morgan fingerprint density at radius 2 is 0.874 bits per heavy atom. The van der Waals surface area contributed by atoms with Crippen molar-refractivity contribution in [2.24, 2.45) is 17.8 Å². The minimum absolute atomic E-state index is 0.00138. The van der Waals surface area contributed by atoms with Crippen LogP contribution in [-0.4, -0.2) is 63.2 Å². The smallest absolute Gasteiger partial charge is 0.306 e. The van der Waals surface area contributed by atoms with Gasteiger partial charge in [-0.15, -0.1) is 0 Å². The standard InChI is InChI=1S/C49H41N3O3.C40H40N4O2.C2H6/c53-47(55-31-44-42-23-10-8-21-40(42)41-22-9-11-24-43(41)44)29-37(27-35-18-12-17-32-13-4-6-19-38(32)35)49(54)52-45(28-36-26-25-33-14-5-7-20-39(33)36)48-50-30-46(51-48)34-15-2-1-3-16-34;45-38(30-19-21-41-22-20-30)25-33(23-31-14-8-13-27-9-4-6-15-34(27)31)40(46)44-36(24-32-18-17-28-10-5-7-16-35(28)32)39-42-26-37(43-39)29-11-2-1-3-12-29;1-2/h1-24,26,30,37,44-45H,25,27-29,31H2,(H,50,51)(H,52,54);1-16,18,26,30,33,36,41H,17,19-25H2,(H,42,43)(H,44,46);1-2H3/t37-,45+;33-,36+;/m00./s1. The van der Waals surface area contributed by atoms with Crippen molar-refractivity contribution < 1.29 is 23.9 Å². The summed E-state index contributed by atoms with van der Waals surface area (Å²) in [5.41, 5.74) is 18.0. The third-order valence-corrected chi connectivity index (χ3v) is 20.8. The molecule has 1 saturated heterocycles. The number of amides is 2. The highest BCUT2D eigenvalue weighted by molar-refractivity contribution is 5.92. The number of ketones is 1. The zero-order valence-electron chi connectivity index (χ0n) is 58.5. The van der Waals surface area contributed by atoms with E-state index in [1.54, 1.807) is 0 Å². The van der Waals surface area contributed by atoms with Crippen LogP contribution >= 0.6 is 0 Å². The monoisotopic (exact) mass is 1360 g/mol. The van der Waals surface area contributed by atoms with Gasteiger partial charge in [0.25, 0.3) is 0 Å². The van der Waals surface area contributed by atoms with Gasteiger partial charge in [0.2, 0.25) is 11.8 Å². The lowest BCUT2D eigenvalue weighted by Gasteiger charge is -2.26. The van der Waals surface area contributed by atoms with E-state index in [9.17, 15) is 19.2 Å². The van der Waals surface area contributed by atoms with Crippen LogP contribution in [0.25, 0.3) is 66.3 Å². The summed E-state index contributed by atoms with van der Waals surface area (Å²) in [6.07, 6.45) is 13.8. The summed E-state index contributed by atoms with van der Waals surface area (Å²) in [6.45, 7) is 5.90. The van der Waals surface area contributed by atoms with Gasteiger partial charge in [0.05, 0.1) is 48.2 Å². The number of aromatic amines is 2. The average Bonchev–Trinajstić information content (AvgIpc) is 1.61. The van der Waals surface area contributed by atoms with Crippen LogP contribution in [0.4, 0.5) is 0 Å². The van der Waals surface area contributed by atoms with Crippen molar-refractivity contribution in [2.45, 2.75) is 96.1 Å². The number of carbonyl (C=O) groups excluding carboxylic acids is 4. The number of allylic oxidation sites excluding steroid dienone is 2. The molecule has 3 aliphatic carbocycles. The largest absolute Gasteiger partial charge is 0.465 e. The van der Waals surface area contributed by atoms with E-state index in [0.717, 1.165) is 105 Å². The molecule has 1 aliphatic heterocycles. The van der Waals surface area contributed by atoms with E-state index < -0.39 is 23.8 Å². The molecule has 10 aromatic carbocycles. The maximum absolute atomic E-state index is 14.7. The number of fused-ring (bicyclic) bond motifs is 7. The Hall–Kier alpha value is -11.3. The predicted octanol–water partition coefficient (Wildman–Crippen LogP) is 18.3. The first kappa shape index (κ1) is 68.8. The molecule has 12 nitrogen and oxygen atoms in total. The molecule has 0 bridgehead atoms. The van der Waals surface area contributed by atoms with E-state index in [-0.39, 0.29) is 54.9 Å². The highest BCUT2D eigenvalue weighted by Crippen LogP contribution is 2.45. The second kappa shape index (κ2) is 32.5. The summed E-state index contributed by atoms with van der Waals surface area (Å²) in [7, 11) is 0. The molecule has 5 N–H and O–H groups in total. The first-order valence-corrected chi connectivity index (χ1v) is 36.6. The number of nitrogens with zero attached hydrogens (tertiary/aromatic N) is 2. The normalized spacial score (nSPS) is 14.7. The fraction of sp³-hybridized carbons (Fsp3) is 0.231. The number of benzene rings is 10. The van der Waals surface area contributed by atoms with Crippen molar-refractivity contribution in [1.29, 1.82) is 0 Å². The maximum Gasteiger partial charge on any atom is 0.306 e. The zero-order chi connectivity index (χ0) is 70.4. The van der Waals surface area contributed by atoms with Gasteiger partial charge >= 0.3 is 5.97 Å². The summed E-state index contributed by atoms with van der Waals surface area (Å²) in [5.74, 6) is -0.383. The number of esters is 1. The molecule has 12 aromatic rings. The topological polar surface area (TPSA) is 171 Å². The molecule has 4 aliphatic rings. The van der Waals surface area contributed by atoms with Gasteiger partial charge in [-0.1, -0.05) is 269 Å². The molecule has 103 heavy (non-hydrogen) atoms. The molecule has 516 valence electrons. The quantitative estimate of drug-likeness (QED) is 0.0394. The van der Waals surface area contributed by atoms with Gasteiger partial charge in [0, 0.05) is 37.0 Å². The van der Waals surface area contributed by atoms with Gasteiger partial charge in [-0.05, 0) is 151 Å². The Labute approximate surface area is 603 Å². The zero-order valence-corrected chi connectivity index (χ0v) is 58.5. The van der Waals surface area contributed by atoms with Gasteiger partial charge in [-0.25, -0.2) is 9.97 Å². The van der Waals surface area contributed by atoms with E-state index in [1.165, 1.54) is 44.5 Å². The number of rotatable bonds is 23. The molecule has 2 aromatic heterocycles. The first-order valence-electron chi connectivity index (χ1n) is 36.6. The number of piperidine rings is 1. The third-order valence-electron chi connectivity index (χ3n) is 20.8. The number of hydrogen-bond acceptors (Lipinski definition) is 8. The number of Topliss-reactive ketones (excluding diaryl/α,β-unsaturated/α-hetero) is 1. The molecular formula is C91H87N7O5. The Kier molecular flexibility index (Phi) is 21.7. The SMILES string of the molecule is CC.O=C(C[C@H](Cc1cccc2ccccc12)C(=O)N[C@H](CC1=CCc2ccccc21)c1ncc(-c2ccccc2)[nH]1)C1CCNCC1.O=C(C[C@H](Cc1cccc2ccccc12)C(=O)N[C@H](CC1=CCc2ccccc21)c1ncc(-c2ccccc2)[nH]1)OCC1c2ccccc2-c2ccccc21. The van der Waals surface area contributed by atoms with E-state index in [1.807, 2.05) is 148 Å². The molecule has 3 heterocycles. The van der Waals surface area contributed by atoms with Gasteiger partial charge in [0.1, 0.15) is 24.0 Å². The van der Waals surface area contributed by atoms with Crippen LogP contribution in [0.2, 0.25) is 0 Å². The number of H-pyrrole nitrogens is 2. The molecule has 12 heteroatoms. The fourth-order valence-corrected chi connectivity index (χ4v) is 15.5. The Balaban J connectivity index is 0.000000173. The fourth-order valence-electron chi connectivity index (χ4n) is 15.5. The van der Waals surface area contributed by atoms with E-state index in [2.05, 4.69) is 159 Å². The summed E-state index contributed by atoms with van der Waals surface area (Å²) in [5, 5.41) is 14.5. The molecule has 16 rings (SSSR count). The van der Waals surface area contributed by atoms with Crippen LogP contribution < -0.4 is 16.0 Å². The molecule has 2 amide bonds. The second-order valence-electron chi connectivity index (χ2n) is 27.2. The minimum Gasteiger partial charge on any atom is -0.465 e. The van der Waals surface area contributed by atoms with Crippen molar-refractivity contribution >= 4 is 56.3 Å². The van der Waals surface area contributed by atoms with Gasteiger partial charge < -0.3 is 30.7 Å². The summed E-state index contributed by atoms with van der Waals surface area (Å²) in [6, 6.07) is 81.6. The Morgan fingerprint density at radius 1 is 0.456 bits per heavy atom. The summed E-state index contributed by atoms with van der Waals surface area (Å²) >= 11 is 0. The van der Waals surface area contributed by atoms with E-state index in [0.29, 0.717) is 37.3 Å². The summed E-state index contributed by atoms with van der Waals surface area (Å²) in [4.78, 5) is 73.3. The van der Waals surface area contributed by atoms with Crippen molar-refractivity contribution in [3.63, 3.8) is 0 Å². The first-order chi connectivity index (χ1) is 50.7. The highest BCUT2D eigenvalue weighted by Gasteiger charge is 2.35. The van der Waals surface area contributed by atoms with Gasteiger partial charge in [-0.2, -0.15) is 0 Å². The lowest BCUT2D eigenvalue weighted by Crippen LogP contribution is -2.38. The number of carbonyl (C=O) groups is 4. The molecule has 1 fully saturated rings. The number of aromatic nitrogens is 4. The number of imidazole rings is 2. The predicted molar refractivity (Wildman–Crippen MR) is 413 cm³/mol. The lowest BCUT2D eigenvalue weighted by molar-refractivity contribution is -0.147. The van der Waals surface area contributed by atoms with Crippen LogP contribution in [0.15, 0.2) is 267 Å². The summed E-state index contributed by atoms with van der Waals surface area (Å²) < 4.78 is 6.09. The van der Waals surface area contributed by atoms with Crippen LogP contribution in [0.1, 0.15) is 127 Å². The Morgan fingerprint density at radius 3 is 1.37 bits per heavy atom. The van der Waals surface area contributed by atoms with E-state index in [4.69, 9.17) is 14.7 Å². The molecule has 0 radical (unpaired) electrons. The van der Waals surface area contributed by atoms with Crippen molar-refractivity contribution in [1.82, 2.24) is 35.9 Å². The second-order valence-corrected chi connectivity index (χ2v) is 27.2. The Bertz CT molecular complexity index is 4990. The van der Waals surface area contributed by atoms with E-state index >= 15 is 0 Å². The van der Waals surface area contributed by atoms with Crippen LogP contribution in [0, 0.1) is 17.8 Å². The molecule has 0 saturated carbocycles. The number of hydrogen-bond donors (Lipinski definition) is 5. The van der Waals surface area contributed by atoms with Crippen LogP contribution in [-0.2, 0) is 49.6 Å². The maximum atomic E-state index is 14.7. The molecule has 0 spiro atoms. The van der Waals surface area contributed by atoms with Crippen molar-refractivity contribution in [3.8, 4) is 33.6 Å². The van der Waals surface area contributed by atoms with Crippen molar-refractivity contribution in [2.75, 3.05) is 19.7 Å². The molecule has 0 unspecified atom stereocenters. The molecule has 4 atom stereocenters. The van der Waals surface area contributed by atoms with Crippen molar-refractivity contribution in [3.05, 3.63) is 323 Å². The highest BCUT2D eigenvalue weighted by atomic mass is 16.5. The number of ether oxygens (including phenoxy) is 1. The average molecular weight is 1360 g/mol. The van der Waals surface area contributed by atoms with Gasteiger partial charge in [0.15, 0.2) is 0 Å². The molecular weight excluding hydrogens is 1270 g/mol. The van der Waals surface area contributed by atoms with Crippen LogP contribution in [0.5, 0.6) is 0 Å². The van der Waals surface area contributed by atoms with Crippen LogP contribution in [0.3, 0.4) is 0 Å².